The van der Waals surface area contributed by atoms with Gasteiger partial charge in [-0.05, 0) is 37.5 Å². The zero-order valence-electron chi connectivity index (χ0n) is 8.39. The highest BCUT2D eigenvalue weighted by atomic mass is 16.5. The lowest BCUT2D eigenvalue weighted by molar-refractivity contribution is -0.145. The molecule has 1 N–H and O–H groups in total. The second-order valence-electron chi connectivity index (χ2n) is 4.32. The third kappa shape index (κ3) is 2.37. The van der Waals surface area contributed by atoms with E-state index in [-0.39, 0.29) is 6.10 Å². The number of aliphatic carboxylic acids is 1. The maximum Gasteiger partial charge on any atom is 0.331 e. The predicted octanol–water partition coefficient (Wildman–Crippen LogP) is 1.36. The first kappa shape index (κ1) is 10.2. The Balaban J connectivity index is 1.82. The number of carbonyl (C=O) groups excluding carboxylic acids is 1. The first-order valence-electron chi connectivity index (χ1n) is 5.27. The lowest BCUT2D eigenvalue weighted by Crippen LogP contribution is -2.23. The van der Waals surface area contributed by atoms with Crippen molar-refractivity contribution in [1.82, 2.24) is 0 Å². The smallest absolute Gasteiger partial charge is 0.331 e. The number of fused-ring (bicyclic) bond motifs is 2. The summed E-state index contributed by atoms with van der Waals surface area (Å²) in [4.78, 5) is 21.4. The molecule has 4 nitrogen and oxygen atoms in total. The van der Waals surface area contributed by atoms with Crippen molar-refractivity contribution in [1.29, 1.82) is 0 Å². The summed E-state index contributed by atoms with van der Waals surface area (Å²) in [5, 5.41) is 8.33. The van der Waals surface area contributed by atoms with Gasteiger partial charge in [-0.25, -0.2) is 9.59 Å². The summed E-state index contributed by atoms with van der Waals surface area (Å²) >= 11 is 0. The number of rotatable bonds is 3. The van der Waals surface area contributed by atoms with Crippen LogP contribution in [0.3, 0.4) is 0 Å². The molecule has 2 bridgehead atoms. The number of esters is 1. The molecule has 0 aromatic heterocycles. The van der Waals surface area contributed by atoms with E-state index in [9.17, 15) is 9.59 Å². The standard InChI is InChI=1S/C11H14O4/c12-10(13)3-4-11(14)15-9-6-7-1-2-8(9)5-7/h3-4,7-9H,1-2,5-6H2,(H,12,13)/b4-3+/t7-,8+,9-/m0/s1. The van der Waals surface area contributed by atoms with Crippen molar-refractivity contribution in [2.24, 2.45) is 11.8 Å². The molecular formula is C11H14O4. The average molecular weight is 210 g/mol. The van der Waals surface area contributed by atoms with Crippen LogP contribution in [0.15, 0.2) is 12.2 Å². The van der Waals surface area contributed by atoms with E-state index in [1.54, 1.807) is 0 Å². The van der Waals surface area contributed by atoms with Gasteiger partial charge in [-0.15, -0.1) is 0 Å². The van der Waals surface area contributed by atoms with Crippen LogP contribution in [0.5, 0.6) is 0 Å². The first-order chi connectivity index (χ1) is 7.15. The van der Waals surface area contributed by atoms with Crippen molar-refractivity contribution < 1.29 is 19.4 Å². The molecule has 0 aromatic rings. The van der Waals surface area contributed by atoms with Crippen LogP contribution in [0.2, 0.25) is 0 Å². The molecule has 0 heterocycles. The van der Waals surface area contributed by atoms with Gasteiger partial charge < -0.3 is 9.84 Å². The molecule has 0 unspecified atom stereocenters. The van der Waals surface area contributed by atoms with Gasteiger partial charge in [-0.2, -0.15) is 0 Å². The number of hydrogen-bond donors (Lipinski definition) is 1. The Hall–Kier alpha value is -1.32. The van der Waals surface area contributed by atoms with Crippen LogP contribution in [0.25, 0.3) is 0 Å². The third-order valence-corrected chi connectivity index (χ3v) is 3.30. The van der Waals surface area contributed by atoms with Crippen molar-refractivity contribution in [2.75, 3.05) is 0 Å². The number of ether oxygens (including phenoxy) is 1. The Morgan fingerprint density at radius 3 is 2.53 bits per heavy atom. The van der Waals surface area contributed by atoms with Gasteiger partial charge in [-0.3, -0.25) is 0 Å². The normalized spacial score (nSPS) is 33.5. The molecule has 82 valence electrons. The molecule has 0 saturated heterocycles. The van der Waals surface area contributed by atoms with Crippen molar-refractivity contribution >= 4 is 11.9 Å². The van der Waals surface area contributed by atoms with Gasteiger partial charge in [0.05, 0.1) is 0 Å². The maximum absolute atomic E-state index is 11.2. The molecule has 0 spiro atoms. The Kier molecular flexibility index (Phi) is 2.75. The van der Waals surface area contributed by atoms with Gasteiger partial charge >= 0.3 is 11.9 Å². The van der Waals surface area contributed by atoms with E-state index in [2.05, 4.69) is 0 Å². The monoisotopic (exact) mass is 210 g/mol. The van der Waals surface area contributed by atoms with Crippen molar-refractivity contribution in [2.45, 2.75) is 31.8 Å². The fraction of sp³-hybridized carbons (Fsp3) is 0.636. The first-order valence-corrected chi connectivity index (χ1v) is 5.27. The van der Waals surface area contributed by atoms with Crippen LogP contribution < -0.4 is 0 Å². The minimum atomic E-state index is -1.13. The molecule has 2 aliphatic carbocycles. The Bertz CT molecular complexity index is 308. The second kappa shape index (κ2) is 4.04. The summed E-state index contributed by atoms with van der Waals surface area (Å²) in [6.45, 7) is 0. The van der Waals surface area contributed by atoms with E-state index in [1.807, 2.05) is 0 Å². The van der Waals surface area contributed by atoms with Crippen molar-refractivity contribution in [3.05, 3.63) is 12.2 Å². The Morgan fingerprint density at radius 1 is 1.20 bits per heavy atom. The molecule has 3 atom stereocenters. The van der Waals surface area contributed by atoms with E-state index < -0.39 is 11.9 Å². The molecule has 0 aromatic carbocycles. The van der Waals surface area contributed by atoms with E-state index in [4.69, 9.17) is 9.84 Å². The summed E-state index contributed by atoms with van der Waals surface area (Å²) in [7, 11) is 0. The fourth-order valence-corrected chi connectivity index (χ4v) is 2.66. The average Bonchev–Trinajstić information content (AvgIpc) is 2.76. The molecule has 0 amide bonds. The summed E-state index contributed by atoms with van der Waals surface area (Å²) in [5.74, 6) is -0.428. The largest absolute Gasteiger partial charge is 0.478 e. The molecule has 2 saturated carbocycles. The molecule has 0 aliphatic heterocycles. The predicted molar refractivity (Wildman–Crippen MR) is 52.1 cm³/mol. The van der Waals surface area contributed by atoms with Gasteiger partial charge in [0.25, 0.3) is 0 Å². The topological polar surface area (TPSA) is 63.6 Å². The number of carbonyl (C=O) groups is 2. The zero-order chi connectivity index (χ0) is 10.8. The summed E-state index contributed by atoms with van der Waals surface area (Å²) < 4.78 is 5.21. The number of carboxylic acid groups (broad SMARTS) is 1. The van der Waals surface area contributed by atoms with Gasteiger partial charge in [-0.1, -0.05) is 0 Å². The van der Waals surface area contributed by atoms with Gasteiger partial charge in [0.2, 0.25) is 0 Å². The van der Waals surface area contributed by atoms with Gasteiger partial charge in [0.15, 0.2) is 0 Å². The SMILES string of the molecule is O=C(O)/C=C/C(=O)O[C@H]1C[C@H]2CC[C@@H]1C2. The summed E-state index contributed by atoms with van der Waals surface area (Å²) in [6.07, 6.45) is 6.34. The van der Waals surface area contributed by atoms with Crippen LogP contribution in [-0.4, -0.2) is 23.1 Å². The van der Waals surface area contributed by atoms with Crippen LogP contribution in [0.1, 0.15) is 25.7 Å². The van der Waals surface area contributed by atoms with E-state index >= 15 is 0 Å². The Labute approximate surface area is 87.9 Å². The second-order valence-corrected chi connectivity index (χ2v) is 4.32. The fourth-order valence-electron chi connectivity index (χ4n) is 2.66. The highest BCUT2D eigenvalue weighted by Gasteiger charge is 2.41. The van der Waals surface area contributed by atoms with E-state index in [0.29, 0.717) is 5.92 Å². The molecule has 15 heavy (non-hydrogen) atoms. The van der Waals surface area contributed by atoms with Crippen LogP contribution in [0.4, 0.5) is 0 Å². The summed E-state index contributed by atoms with van der Waals surface area (Å²) in [6, 6.07) is 0. The highest BCUT2D eigenvalue weighted by molar-refractivity contribution is 5.90. The molecule has 4 heteroatoms. The quantitative estimate of drug-likeness (QED) is 0.564. The highest BCUT2D eigenvalue weighted by Crippen LogP contribution is 2.45. The maximum atomic E-state index is 11.2. The minimum Gasteiger partial charge on any atom is -0.478 e. The molecule has 2 aliphatic rings. The van der Waals surface area contributed by atoms with E-state index in [1.165, 1.54) is 12.8 Å². The number of hydrogen-bond acceptors (Lipinski definition) is 3. The third-order valence-electron chi connectivity index (χ3n) is 3.30. The molecular weight excluding hydrogens is 196 g/mol. The van der Waals surface area contributed by atoms with Gasteiger partial charge in [0, 0.05) is 12.2 Å². The summed E-state index contributed by atoms with van der Waals surface area (Å²) in [5.41, 5.74) is 0. The van der Waals surface area contributed by atoms with Crippen LogP contribution in [0, 0.1) is 11.8 Å². The molecule has 0 radical (unpaired) electrons. The lowest BCUT2D eigenvalue weighted by atomic mass is 9.98. The lowest BCUT2D eigenvalue weighted by Gasteiger charge is -2.20. The zero-order valence-corrected chi connectivity index (χ0v) is 8.39. The molecule has 2 fully saturated rings. The van der Waals surface area contributed by atoms with Crippen molar-refractivity contribution in [3.8, 4) is 0 Å². The molecule has 2 rings (SSSR count). The number of carboxylic acids is 1. The van der Waals surface area contributed by atoms with Gasteiger partial charge in [0.1, 0.15) is 6.10 Å². The van der Waals surface area contributed by atoms with Crippen LogP contribution >= 0.6 is 0 Å². The van der Waals surface area contributed by atoms with Crippen LogP contribution in [-0.2, 0) is 14.3 Å². The Morgan fingerprint density at radius 2 is 2.00 bits per heavy atom. The minimum absolute atomic E-state index is 0.0229. The van der Waals surface area contributed by atoms with Crippen molar-refractivity contribution in [3.63, 3.8) is 0 Å². The van der Waals surface area contributed by atoms with E-state index in [0.717, 1.165) is 30.9 Å².